The van der Waals surface area contributed by atoms with Crippen molar-refractivity contribution in [1.29, 1.82) is 0 Å². The number of benzene rings is 2. The zero-order valence-corrected chi connectivity index (χ0v) is 13.3. The number of hydrogen-bond donors (Lipinski definition) is 1. The molecule has 1 unspecified atom stereocenters. The maximum atomic E-state index is 6.35. The molecule has 0 aliphatic rings. The Kier molecular flexibility index (Phi) is 4.43. The second-order valence-electron chi connectivity index (χ2n) is 5.25. The average Bonchev–Trinajstić information content (AvgIpc) is 2.36. The van der Waals surface area contributed by atoms with Crippen LogP contribution in [0.2, 0.25) is 0 Å². The molecule has 2 N–H and O–H groups in total. The summed E-state index contributed by atoms with van der Waals surface area (Å²) >= 11 is 3.59. The fourth-order valence-corrected chi connectivity index (χ4v) is 2.78. The highest BCUT2D eigenvalue weighted by molar-refractivity contribution is 9.10. The van der Waals surface area contributed by atoms with Crippen LogP contribution in [-0.4, -0.2) is 0 Å². The van der Waals surface area contributed by atoms with Gasteiger partial charge in [0.2, 0.25) is 0 Å². The standard InChI is InChI=1S/C17H20BrN/c1-11-4-7-16(18)15(8-11)17(19)10-14-6-5-12(2)13(3)9-14/h4-9,17H,10,19H2,1-3H3. The van der Waals surface area contributed by atoms with Gasteiger partial charge in [0.05, 0.1) is 0 Å². The number of rotatable bonds is 3. The van der Waals surface area contributed by atoms with Crippen molar-refractivity contribution in [3.8, 4) is 0 Å². The van der Waals surface area contributed by atoms with Gasteiger partial charge in [0.25, 0.3) is 0 Å². The van der Waals surface area contributed by atoms with E-state index in [9.17, 15) is 0 Å². The van der Waals surface area contributed by atoms with Crippen LogP contribution >= 0.6 is 15.9 Å². The Bertz CT molecular complexity index is 590. The Morgan fingerprint density at radius 3 is 2.42 bits per heavy atom. The van der Waals surface area contributed by atoms with Gasteiger partial charge in [-0.15, -0.1) is 0 Å². The van der Waals surface area contributed by atoms with Crippen LogP contribution in [0.4, 0.5) is 0 Å². The number of hydrogen-bond acceptors (Lipinski definition) is 1. The minimum absolute atomic E-state index is 0.0244. The lowest BCUT2D eigenvalue weighted by molar-refractivity contribution is 0.717. The van der Waals surface area contributed by atoms with Gasteiger partial charge in [-0.25, -0.2) is 0 Å². The van der Waals surface area contributed by atoms with Crippen LogP contribution in [0.1, 0.15) is 33.9 Å². The zero-order valence-electron chi connectivity index (χ0n) is 11.7. The van der Waals surface area contributed by atoms with Crippen LogP contribution < -0.4 is 5.73 Å². The van der Waals surface area contributed by atoms with Gasteiger partial charge in [-0.05, 0) is 55.5 Å². The second-order valence-corrected chi connectivity index (χ2v) is 6.11. The molecule has 2 heteroatoms. The maximum Gasteiger partial charge on any atom is 0.0347 e. The van der Waals surface area contributed by atoms with E-state index in [4.69, 9.17) is 5.73 Å². The predicted molar refractivity (Wildman–Crippen MR) is 85.4 cm³/mol. The molecule has 0 amide bonds. The molecule has 0 aromatic heterocycles. The van der Waals surface area contributed by atoms with Crippen molar-refractivity contribution >= 4 is 15.9 Å². The topological polar surface area (TPSA) is 26.0 Å². The number of halogens is 1. The summed E-state index contributed by atoms with van der Waals surface area (Å²) in [6, 6.07) is 12.9. The highest BCUT2D eigenvalue weighted by atomic mass is 79.9. The summed E-state index contributed by atoms with van der Waals surface area (Å²) < 4.78 is 1.09. The van der Waals surface area contributed by atoms with E-state index < -0.39 is 0 Å². The molecule has 0 aliphatic carbocycles. The van der Waals surface area contributed by atoms with Crippen LogP contribution in [0.15, 0.2) is 40.9 Å². The van der Waals surface area contributed by atoms with Crippen molar-refractivity contribution in [2.75, 3.05) is 0 Å². The first-order valence-corrected chi connectivity index (χ1v) is 7.34. The number of aryl methyl sites for hydroxylation is 3. The zero-order chi connectivity index (χ0) is 14.0. The summed E-state index contributed by atoms with van der Waals surface area (Å²) in [5, 5.41) is 0. The van der Waals surface area contributed by atoms with E-state index in [0.29, 0.717) is 0 Å². The van der Waals surface area contributed by atoms with Gasteiger partial charge < -0.3 is 5.73 Å². The molecule has 0 saturated heterocycles. The smallest absolute Gasteiger partial charge is 0.0347 e. The van der Waals surface area contributed by atoms with Crippen LogP contribution in [0.25, 0.3) is 0 Å². The molecule has 2 rings (SSSR count). The van der Waals surface area contributed by atoms with Crippen molar-refractivity contribution in [2.24, 2.45) is 5.73 Å². The maximum absolute atomic E-state index is 6.35. The van der Waals surface area contributed by atoms with Gasteiger partial charge in [-0.2, -0.15) is 0 Å². The highest BCUT2D eigenvalue weighted by Crippen LogP contribution is 2.26. The quantitative estimate of drug-likeness (QED) is 0.878. The lowest BCUT2D eigenvalue weighted by Gasteiger charge is -2.15. The van der Waals surface area contributed by atoms with Crippen LogP contribution in [0.5, 0.6) is 0 Å². The van der Waals surface area contributed by atoms with Crippen molar-refractivity contribution in [1.82, 2.24) is 0 Å². The molecule has 0 spiro atoms. The molecular weight excluding hydrogens is 298 g/mol. The first-order valence-electron chi connectivity index (χ1n) is 6.55. The van der Waals surface area contributed by atoms with E-state index in [1.807, 2.05) is 0 Å². The van der Waals surface area contributed by atoms with E-state index in [2.05, 4.69) is 73.1 Å². The van der Waals surface area contributed by atoms with Crippen LogP contribution in [0, 0.1) is 20.8 Å². The molecule has 0 aliphatic heterocycles. The van der Waals surface area contributed by atoms with Crippen LogP contribution in [0.3, 0.4) is 0 Å². The molecule has 2 aromatic carbocycles. The molecule has 0 radical (unpaired) electrons. The van der Waals surface area contributed by atoms with Gasteiger partial charge in [0, 0.05) is 10.5 Å². The molecule has 0 heterocycles. The summed E-state index contributed by atoms with van der Waals surface area (Å²) in [5.74, 6) is 0. The third-order valence-electron chi connectivity index (χ3n) is 3.58. The van der Waals surface area contributed by atoms with E-state index in [1.165, 1.54) is 27.8 Å². The summed E-state index contributed by atoms with van der Waals surface area (Å²) in [5.41, 5.74) is 12.7. The number of nitrogens with two attached hydrogens (primary N) is 1. The lowest BCUT2D eigenvalue weighted by atomic mass is 9.96. The Labute approximate surface area is 124 Å². The molecule has 1 nitrogen and oxygen atoms in total. The van der Waals surface area contributed by atoms with Crippen molar-refractivity contribution in [2.45, 2.75) is 33.2 Å². The molecule has 0 bridgehead atoms. The molecule has 0 saturated carbocycles. The summed E-state index contributed by atoms with van der Waals surface area (Å²) in [6.45, 7) is 6.38. The SMILES string of the molecule is Cc1ccc(Br)c(C(N)Cc2ccc(C)c(C)c2)c1. The average molecular weight is 318 g/mol. The third-order valence-corrected chi connectivity index (χ3v) is 4.30. The third kappa shape index (κ3) is 3.46. The minimum Gasteiger partial charge on any atom is -0.324 e. The fraction of sp³-hybridized carbons (Fsp3) is 0.294. The molecule has 0 fully saturated rings. The van der Waals surface area contributed by atoms with Gasteiger partial charge in [-0.1, -0.05) is 51.8 Å². The highest BCUT2D eigenvalue weighted by Gasteiger charge is 2.11. The first-order chi connectivity index (χ1) is 8.97. The molecule has 100 valence electrons. The van der Waals surface area contributed by atoms with E-state index in [1.54, 1.807) is 0 Å². The normalized spacial score (nSPS) is 12.5. The minimum atomic E-state index is 0.0244. The Balaban J connectivity index is 2.22. The van der Waals surface area contributed by atoms with E-state index >= 15 is 0 Å². The van der Waals surface area contributed by atoms with Gasteiger partial charge in [0.15, 0.2) is 0 Å². The molecular formula is C17H20BrN. The van der Waals surface area contributed by atoms with Gasteiger partial charge in [-0.3, -0.25) is 0 Å². The van der Waals surface area contributed by atoms with E-state index in [0.717, 1.165) is 10.9 Å². The summed E-state index contributed by atoms with van der Waals surface area (Å²) in [4.78, 5) is 0. The molecule has 1 atom stereocenters. The van der Waals surface area contributed by atoms with Crippen molar-refractivity contribution in [3.05, 3.63) is 68.7 Å². The fourth-order valence-electron chi connectivity index (χ4n) is 2.24. The van der Waals surface area contributed by atoms with E-state index in [-0.39, 0.29) is 6.04 Å². The molecule has 2 aromatic rings. The monoisotopic (exact) mass is 317 g/mol. The Morgan fingerprint density at radius 1 is 1.00 bits per heavy atom. The Morgan fingerprint density at radius 2 is 1.74 bits per heavy atom. The van der Waals surface area contributed by atoms with Crippen molar-refractivity contribution in [3.63, 3.8) is 0 Å². The van der Waals surface area contributed by atoms with Crippen LogP contribution in [-0.2, 0) is 6.42 Å². The predicted octanol–water partition coefficient (Wildman–Crippen LogP) is 4.62. The second kappa shape index (κ2) is 5.89. The van der Waals surface area contributed by atoms with Crippen molar-refractivity contribution < 1.29 is 0 Å². The Hall–Kier alpha value is -1.12. The summed E-state index contributed by atoms with van der Waals surface area (Å²) in [6.07, 6.45) is 0.864. The largest absolute Gasteiger partial charge is 0.324 e. The lowest BCUT2D eigenvalue weighted by Crippen LogP contribution is -2.14. The first kappa shape index (κ1) is 14.3. The molecule has 19 heavy (non-hydrogen) atoms. The van der Waals surface area contributed by atoms with Gasteiger partial charge in [0.1, 0.15) is 0 Å². The van der Waals surface area contributed by atoms with Gasteiger partial charge >= 0.3 is 0 Å². The summed E-state index contributed by atoms with van der Waals surface area (Å²) in [7, 11) is 0.